The van der Waals surface area contributed by atoms with Crippen LogP contribution in [0.15, 0.2) is 18.3 Å². The molecule has 1 aromatic heterocycles. The molecule has 1 aliphatic carbocycles. The largest absolute Gasteiger partial charge is 0.310 e. The predicted molar refractivity (Wildman–Crippen MR) is 70.8 cm³/mol. The number of allylic oxidation sites excluding steroid dienone is 1. The molecule has 1 aliphatic heterocycles. The van der Waals surface area contributed by atoms with Crippen molar-refractivity contribution in [2.24, 2.45) is 5.92 Å². The van der Waals surface area contributed by atoms with Gasteiger partial charge in [-0.05, 0) is 55.9 Å². The highest BCUT2D eigenvalue weighted by molar-refractivity contribution is 5.72. The molecule has 0 aromatic carbocycles. The van der Waals surface area contributed by atoms with Crippen LogP contribution in [0.5, 0.6) is 0 Å². The lowest BCUT2D eigenvalue weighted by Gasteiger charge is -2.29. The summed E-state index contributed by atoms with van der Waals surface area (Å²) in [6, 6.07) is 4.67. The van der Waals surface area contributed by atoms with E-state index in [9.17, 15) is 0 Å². The third-order valence-corrected chi connectivity index (χ3v) is 4.10. The van der Waals surface area contributed by atoms with Crippen molar-refractivity contribution < 1.29 is 0 Å². The summed E-state index contributed by atoms with van der Waals surface area (Å²) in [5.41, 5.74) is 3.95. The van der Waals surface area contributed by atoms with Gasteiger partial charge in [0.1, 0.15) is 6.07 Å². The molecule has 0 saturated carbocycles. The third kappa shape index (κ3) is 1.83. The summed E-state index contributed by atoms with van der Waals surface area (Å²) in [6.45, 7) is 2.98. The highest BCUT2D eigenvalue weighted by Gasteiger charge is 2.32. The van der Waals surface area contributed by atoms with Crippen LogP contribution in [0.25, 0.3) is 5.57 Å². The van der Waals surface area contributed by atoms with Gasteiger partial charge in [0, 0.05) is 12.2 Å². The average Bonchev–Trinajstić information content (AvgIpc) is 2.83. The summed E-state index contributed by atoms with van der Waals surface area (Å²) in [7, 11) is 0. The average molecular weight is 239 g/mol. The van der Waals surface area contributed by atoms with Gasteiger partial charge in [0.15, 0.2) is 0 Å². The number of aryl methyl sites for hydroxylation is 1. The summed E-state index contributed by atoms with van der Waals surface area (Å²) in [4.78, 5) is 4.34. The first-order valence-corrected chi connectivity index (χ1v) is 6.60. The van der Waals surface area contributed by atoms with Crippen molar-refractivity contribution in [3.05, 3.63) is 35.2 Å². The van der Waals surface area contributed by atoms with Gasteiger partial charge in [0.25, 0.3) is 0 Å². The molecule has 2 aliphatic rings. The molecule has 1 N–H and O–H groups in total. The van der Waals surface area contributed by atoms with E-state index in [2.05, 4.69) is 22.4 Å². The molecular weight excluding hydrogens is 222 g/mol. The van der Waals surface area contributed by atoms with Crippen molar-refractivity contribution in [2.45, 2.75) is 32.2 Å². The molecule has 1 fully saturated rings. The van der Waals surface area contributed by atoms with E-state index < -0.39 is 0 Å². The first-order valence-electron chi connectivity index (χ1n) is 6.60. The molecule has 0 radical (unpaired) electrons. The second kappa shape index (κ2) is 4.55. The molecule has 92 valence electrons. The number of rotatable bonds is 1. The molecule has 0 spiro atoms. The molecule has 0 unspecified atom stereocenters. The second-order valence-electron chi connectivity index (χ2n) is 5.20. The number of nitriles is 1. The minimum Gasteiger partial charge on any atom is -0.310 e. The Morgan fingerprint density at radius 3 is 3.22 bits per heavy atom. The highest BCUT2D eigenvalue weighted by Crippen LogP contribution is 2.37. The zero-order valence-corrected chi connectivity index (χ0v) is 10.6. The van der Waals surface area contributed by atoms with Gasteiger partial charge >= 0.3 is 0 Å². The number of hydrogen-bond donors (Lipinski definition) is 1. The van der Waals surface area contributed by atoms with Crippen molar-refractivity contribution in [2.75, 3.05) is 6.54 Å². The van der Waals surface area contributed by atoms with Gasteiger partial charge in [0.05, 0.1) is 11.3 Å². The lowest BCUT2D eigenvalue weighted by atomic mass is 9.88. The maximum atomic E-state index is 9.09. The molecule has 0 bridgehead atoms. The number of nitrogens with one attached hydrogen (secondary N) is 1. The molecule has 2 heterocycles. The number of hydrogen-bond acceptors (Lipinski definition) is 3. The van der Waals surface area contributed by atoms with Gasteiger partial charge in [-0.25, -0.2) is 0 Å². The summed E-state index contributed by atoms with van der Waals surface area (Å²) in [5, 5.41) is 12.7. The summed E-state index contributed by atoms with van der Waals surface area (Å²) >= 11 is 0. The quantitative estimate of drug-likeness (QED) is 0.818. The summed E-state index contributed by atoms with van der Waals surface area (Å²) in [6.07, 6.45) is 7.96. The number of piperidine rings is 1. The molecule has 1 aromatic rings. The Labute approximate surface area is 108 Å². The van der Waals surface area contributed by atoms with E-state index in [0.717, 1.165) is 30.1 Å². The monoisotopic (exact) mass is 239 g/mol. The fourth-order valence-electron chi connectivity index (χ4n) is 3.08. The van der Waals surface area contributed by atoms with Crippen LogP contribution in [0.2, 0.25) is 0 Å². The van der Waals surface area contributed by atoms with Crippen LogP contribution in [-0.2, 0) is 0 Å². The normalized spacial score (nSPS) is 26.3. The van der Waals surface area contributed by atoms with Gasteiger partial charge in [-0.2, -0.15) is 5.26 Å². The van der Waals surface area contributed by atoms with Crippen molar-refractivity contribution in [3.8, 4) is 6.07 Å². The smallest absolute Gasteiger partial charge is 0.101 e. The fourth-order valence-corrected chi connectivity index (χ4v) is 3.08. The van der Waals surface area contributed by atoms with Crippen molar-refractivity contribution >= 4 is 5.57 Å². The SMILES string of the molecule is Cc1ncc(C2=CC[C@@H]3CCCN[C@H]23)cc1C#N. The molecule has 1 saturated heterocycles. The van der Waals surface area contributed by atoms with Crippen LogP contribution in [0.1, 0.15) is 36.1 Å². The number of fused-ring (bicyclic) bond motifs is 1. The lowest BCUT2D eigenvalue weighted by molar-refractivity contribution is 0.346. The zero-order chi connectivity index (χ0) is 12.5. The van der Waals surface area contributed by atoms with Crippen molar-refractivity contribution in [1.82, 2.24) is 10.3 Å². The highest BCUT2D eigenvalue weighted by atomic mass is 14.9. The second-order valence-corrected chi connectivity index (χ2v) is 5.20. The first-order chi connectivity index (χ1) is 8.79. The lowest BCUT2D eigenvalue weighted by Crippen LogP contribution is -2.39. The Bertz CT molecular complexity index is 539. The van der Waals surface area contributed by atoms with Crippen molar-refractivity contribution in [3.63, 3.8) is 0 Å². The fraction of sp³-hybridized carbons (Fsp3) is 0.467. The van der Waals surface area contributed by atoms with Gasteiger partial charge in [-0.3, -0.25) is 4.98 Å². The Morgan fingerprint density at radius 1 is 1.50 bits per heavy atom. The van der Waals surface area contributed by atoms with E-state index >= 15 is 0 Å². The van der Waals surface area contributed by atoms with Crippen LogP contribution < -0.4 is 5.32 Å². The Balaban J connectivity index is 1.94. The topological polar surface area (TPSA) is 48.7 Å². The van der Waals surface area contributed by atoms with Gasteiger partial charge in [-0.1, -0.05) is 6.08 Å². The maximum Gasteiger partial charge on any atom is 0.101 e. The van der Waals surface area contributed by atoms with E-state index in [1.54, 1.807) is 0 Å². The standard InChI is InChI=1S/C15H17N3/c1-10-12(8-16)7-13(9-18-10)14-5-4-11-3-2-6-17-15(11)14/h5,7,9,11,15,17H,2-4,6H2,1H3/t11-,15-/m0/s1. The maximum absolute atomic E-state index is 9.09. The summed E-state index contributed by atoms with van der Waals surface area (Å²) in [5.74, 6) is 0.737. The van der Waals surface area contributed by atoms with Crippen LogP contribution in [0.4, 0.5) is 0 Å². The zero-order valence-electron chi connectivity index (χ0n) is 10.6. The van der Waals surface area contributed by atoms with E-state index in [0.29, 0.717) is 11.6 Å². The molecule has 2 atom stereocenters. The Hall–Kier alpha value is -1.66. The minimum absolute atomic E-state index is 0.467. The van der Waals surface area contributed by atoms with E-state index in [1.807, 2.05) is 19.2 Å². The van der Waals surface area contributed by atoms with E-state index in [1.165, 1.54) is 18.4 Å². The van der Waals surface area contributed by atoms with Crippen molar-refractivity contribution in [1.29, 1.82) is 5.26 Å². The molecule has 0 amide bonds. The van der Waals surface area contributed by atoms with Crippen LogP contribution in [0, 0.1) is 24.2 Å². The van der Waals surface area contributed by atoms with Gasteiger partial charge in [-0.15, -0.1) is 0 Å². The van der Waals surface area contributed by atoms with Gasteiger partial charge in [0.2, 0.25) is 0 Å². The predicted octanol–water partition coefficient (Wildman–Crippen LogP) is 2.42. The number of nitrogens with zero attached hydrogens (tertiary/aromatic N) is 2. The van der Waals surface area contributed by atoms with E-state index in [4.69, 9.17) is 5.26 Å². The third-order valence-electron chi connectivity index (χ3n) is 4.10. The molecule has 3 heteroatoms. The van der Waals surface area contributed by atoms with Crippen LogP contribution in [-0.4, -0.2) is 17.6 Å². The Morgan fingerprint density at radius 2 is 2.39 bits per heavy atom. The molecular formula is C15H17N3. The number of pyridine rings is 1. The minimum atomic E-state index is 0.467. The Kier molecular flexibility index (Phi) is 2.89. The van der Waals surface area contributed by atoms with E-state index in [-0.39, 0.29) is 0 Å². The summed E-state index contributed by atoms with van der Waals surface area (Å²) < 4.78 is 0. The molecule has 3 nitrogen and oxygen atoms in total. The first kappa shape index (κ1) is 11.4. The molecule has 3 rings (SSSR count). The van der Waals surface area contributed by atoms with Gasteiger partial charge < -0.3 is 5.32 Å². The molecule has 18 heavy (non-hydrogen) atoms. The van der Waals surface area contributed by atoms with Crippen LogP contribution in [0.3, 0.4) is 0 Å². The van der Waals surface area contributed by atoms with Crippen LogP contribution >= 0.6 is 0 Å². The number of aromatic nitrogens is 1.